The number of sulfonamides is 1. The van der Waals surface area contributed by atoms with Gasteiger partial charge in [0.1, 0.15) is 0 Å². The minimum absolute atomic E-state index is 0.168. The molecule has 0 unspecified atom stereocenters. The Hall–Kier alpha value is -2.20. The molecule has 5 rings (SSSR count). The first-order chi connectivity index (χ1) is 16.9. The molecule has 2 aliphatic rings. The molecule has 2 aromatic heterocycles. The van der Waals surface area contributed by atoms with Crippen molar-refractivity contribution in [3.8, 4) is 11.1 Å². The van der Waals surface area contributed by atoms with E-state index in [-0.39, 0.29) is 24.0 Å². The lowest BCUT2D eigenvalue weighted by molar-refractivity contribution is -0.117. The van der Waals surface area contributed by atoms with Crippen LogP contribution in [0.5, 0.6) is 0 Å². The molecule has 0 atom stereocenters. The molecule has 0 spiro atoms. The number of aromatic nitrogens is 1. The number of fused-ring (bicyclic) bond motifs is 1. The highest BCUT2D eigenvalue weighted by atomic mass is 32.2. The van der Waals surface area contributed by atoms with Gasteiger partial charge in [-0.2, -0.15) is 11.3 Å². The number of hydrogen-bond donors (Lipinski definition) is 3. The number of nitrogens with two attached hydrogens (primary N) is 1. The third-order valence-corrected chi connectivity index (χ3v) is 10.1. The summed E-state index contributed by atoms with van der Waals surface area (Å²) < 4.78 is 27.5. The Kier molecular flexibility index (Phi) is 7.29. The smallest absolute Gasteiger partial charge is 0.221 e. The van der Waals surface area contributed by atoms with Crippen LogP contribution < -0.4 is 11.1 Å². The van der Waals surface area contributed by atoms with Crippen LogP contribution in [0.15, 0.2) is 35.2 Å². The number of nitrogens with zero attached hydrogens (tertiary/aromatic N) is 1. The standard InChI is InChI=1S/C26H34N4O3S2/c27-25(31)15-21-13-20(19-7-11-34-17-19)14-23-24(16-29-26(21)23)18-5-9-30(10-6-18)35(32,33)12-8-28-22-3-1-2-4-22/h7,11,13-14,16-18,22,28-29H,1-6,8-10,12,15H2,(H2,27,31). The molecule has 1 amide bonds. The van der Waals surface area contributed by atoms with Crippen molar-refractivity contribution in [1.82, 2.24) is 14.6 Å². The number of carbonyl (C=O) groups excluding carboxylic acids is 1. The molecule has 0 radical (unpaired) electrons. The first kappa shape index (κ1) is 24.5. The van der Waals surface area contributed by atoms with Crippen molar-refractivity contribution in [3.63, 3.8) is 0 Å². The van der Waals surface area contributed by atoms with Gasteiger partial charge < -0.3 is 16.0 Å². The number of primary amides is 1. The lowest BCUT2D eigenvalue weighted by Gasteiger charge is -2.31. The molecular weight excluding hydrogens is 480 g/mol. The van der Waals surface area contributed by atoms with Crippen LogP contribution in [0.4, 0.5) is 0 Å². The van der Waals surface area contributed by atoms with E-state index >= 15 is 0 Å². The zero-order valence-electron chi connectivity index (χ0n) is 20.0. The van der Waals surface area contributed by atoms with E-state index in [0.29, 0.717) is 25.7 Å². The molecule has 3 heterocycles. The summed E-state index contributed by atoms with van der Waals surface area (Å²) in [4.78, 5) is 15.1. The maximum atomic E-state index is 12.9. The van der Waals surface area contributed by atoms with Crippen LogP contribution in [0, 0.1) is 0 Å². The Morgan fingerprint density at radius 3 is 2.60 bits per heavy atom. The van der Waals surface area contributed by atoms with E-state index in [1.807, 2.05) is 17.6 Å². The average molecular weight is 515 g/mol. The number of H-pyrrole nitrogens is 1. The number of nitrogens with one attached hydrogen (secondary N) is 2. The summed E-state index contributed by atoms with van der Waals surface area (Å²) >= 11 is 1.64. The van der Waals surface area contributed by atoms with Crippen molar-refractivity contribution in [1.29, 1.82) is 0 Å². The molecule has 2 fully saturated rings. The van der Waals surface area contributed by atoms with Crippen molar-refractivity contribution >= 4 is 38.2 Å². The van der Waals surface area contributed by atoms with Crippen molar-refractivity contribution in [2.24, 2.45) is 5.73 Å². The molecule has 9 heteroatoms. The molecule has 1 aliphatic carbocycles. The van der Waals surface area contributed by atoms with Gasteiger partial charge in [0.2, 0.25) is 15.9 Å². The first-order valence-corrected chi connectivity index (χ1v) is 15.1. The molecule has 188 valence electrons. The van der Waals surface area contributed by atoms with E-state index in [1.165, 1.54) is 18.4 Å². The number of rotatable bonds is 9. The first-order valence-electron chi connectivity index (χ1n) is 12.6. The van der Waals surface area contributed by atoms with E-state index in [9.17, 15) is 13.2 Å². The highest BCUT2D eigenvalue weighted by Gasteiger charge is 2.30. The quantitative estimate of drug-likeness (QED) is 0.402. The largest absolute Gasteiger partial charge is 0.369 e. The average Bonchev–Trinajstić information content (AvgIpc) is 3.60. The SMILES string of the molecule is NC(=O)Cc1cc(-c2ccsc2)cc2c(C3CCN(S(=O)(=O)CCNC4CCCC4)CC3)c[nH]c12. The van der Waals surface area contributed by atoms with Crippen molar-refractivity contribution in [3.05, 3.63) is 46.3 Å². The fraction of sp³-hybridized carbons (Fsp3) is 0.500. The second-order valence-corrected chi connectivity index (χ2v) is 12.8. The molecule has 7 nitrogen and oxygen atoms in total. The molecule has 4 N–H and O–H groups in total. The van der Waals surface area contributed by atoms with Gasteiger partial charge in [0.15, 0.2) is 0 Å². The van der Waals surface area contributed by atoms with Gasteiger partial charge in [-0.3, -0.25) is 4.79 Å². The molecule has 3 aromatic rings. The van der Waals surface area contributed by atoms with Crippen molar-refractivity contribution < 1.29 is 13.2 Å². The van der Waals surface area contributed by atoms with Crippen LogP contribution in [0.3, 0.4) is 0 Å². The fourth-order valence-corrected chi connectivity index (χ4v) is 7.75. The fourth-order valence-electron chi connectivity index (χ4n) is 5.68. The zero-order chi connectivity index (χ0) is 24.4. The van der Waals surface area contributed by atoms with Crippen LogP contribution in [-0.2, 0) is 21.2 Å². The predicted molar refractivity (Wildman–Crippen MR) is 142 cm³/mol. The van der Waals surface area contributed by atoms with Crippen molar-refractivity contribution in [2.45, 2.75) is 56.9 Å². The van der Waals surface area contributed by atoms with E-state index in [0.717, 1.165) is 53.3 Å². The summed E-state index contributed by atoms with van der Waals surface area (Å²) in [7, 11) is -3.25. The van der Waals surface area contributed by atoms with Crippen LogP contribution in [0.25, 0.3) is 22.0 Å². The van der Waals surface area contributed by atoms with Crippen molar-refractivity contribution in [2.75, 3.05) is 25.4 Å². The summed E-state index contributed by atoms with van der Waals surface area (Å²) in [6.07, 6.45) is 8.59. The number of carbonyl (C=O) groups is 1. The summed E-state index contributed by atoms with van der Waals surface area (Å²) in [6.45, 7) is 1.62. The van der Waals surface area contributed by atoms with Gasteiger partial charge in [-0.15, -0.1) is 0 Å². The second-order valence-electron chi connectivity index (χ2n) is 9.88. The van der Waals surface area contributed by atoms with Crippen LogP contribution >= 0.6 is 11.3 Å². The second kappa shape index (κ2) is 10.4. The van der Waals surface area contributed by atoms with Gasteiger partial charge in [0, 0.05) is 42.8 Å². The summed E-state index contributed by atoms with van der Waals surface area (Å²) in [5.41, 5.74) is 10.8. The molecule has 1 aromatic carbocycles. The summed E-state index contributed by atoms with van der Waals surface area (Å²) in [6, 6.07) is 6.79. The summed E-state index contributed by atoms with van der Waals surface area (Å²) in [5, 5.41) is 8.68. The molecular formula is C26H34N4O3S2. The van der Waals surface area contributed by atoms with Gasteiger partial charge in [-0.1, -0.05) is 12.8 Å². The van der Waals surface area contributed by atoms with Gasteiger partial charge in [0.25, 0.3) is 0 Å². The lowest BCUT2D eigenvalue weighted by Crippen LogP contribution is -2.42. The maximum Gasteiger partial charge on any atom is 0.221 e. The normalized spacial score (nSPS) is 18.5. The third-order valence-electron chi connectivity index (χ3n) is 7.56. The Labute approximate surface area is 211 Å². The molecule has 35 heavy (non-hydrogen) atoms. The van der Waals surface area contributed by atoms with Gasteiger partial charge in [0.05, 0.1) is 12.2 Å². The summed E-state index contributed by atoms with van der Waals surface area (Å²) in [5.74, 6) is 0.0821. The van der Waals surface area contributed by atoms with Crippen LogP contribution in [-0.4, -0.2) is 55.0 Å². The highest BCUT2D eigenvalue weighted by Crippen LogP contribution is 2.37. The third kappa shape index (κ3) is 5.48. The number of aromatic amines is 1. The zero-order valence-corrected chi connectivity index (χ0v) is 21.6. The monoisotopic (exact) mass is 514 g/mol. The predicted octanol–water partition coefficient (Wildman–Crippen LogP) is 3.97. The minimum Gasteiger partial charge on any atom is -0.369 e. The highest BCUT2D eigenvalue weighted by molar-refractivity contribution is 7.89. The Morgan fingerprint density at radius 1 is 1.14 bits per heavy atom. The van der Waals surface area contributed by atoms with E-state index in [2.05, 4.69) is 27.8 Å². The Bertz CT molecular complexity index is 1270. The molecule has 1 saturated heterocycles. The van der Waals surface area contributed by atoms with Crippen LogP contribution in [0.1, 0.15) is 55.6 Å². The van der Waals surface area contributed by atoms with E-state index < -0.39 is 10.0 Å². The number of hydrogen-bond acceptors (Lipinski definition) is 5. The minimum atomic E-state index is -3.25. The van der Waals surface area contributed by atoms with E-state index in [4.69, 9.17) is 5.73 Å². The van der Waals surface area contributed by atoms with Gasteiger partial charge in [-0.05, 0) is 82.8 Å². The lowest BCUT2D eigenvalue weighted by atomic mass is 9.88. The van der Waals surface area contributed by atoms with Gasteiger partial charge in [-0.25, -0.2) is 12.7 Å². The number of thiophene rings is 1. The van der Waals surface area contributed by atoms with Crippen LogP contribution in [0.2, 0.25) is 0 Å². The van der Waals surface area contributed by atoms with Gasteiger partial charge >= 0.3 is 0 Å². The Balaban J connectivity index is 1.30. The van der Waals surface area contributed by atoms with E-state index in [1.54, 1.807) is 15.6 Å². The number of amides is 1. The number of piperidine rings is 1. The maximum absolute atomic E-state index is 12.9. The number of benzene rings is 1. The molecule has 1 saturated carbocycles. The topological polar surface area (TPSA) is 108 Å². The Morgan fingerprint density at radius 2 is 1.91 bits per heavy atom. The molecule has 0 bridgehead atoms. The molecule has 1 aliphatic heterocycles.